The lowest BCUT2D eigenvalue weighted by atomic mass is 9.94. The molecule has 2 amide bonds. The van der Waals surface area contributed by atoms with Crippen molar-refractivity contribution in [3.05, 3.63) is 12.1 Å². The number of nitrogen functional groups attached to an aromatic ring is 1. The molecule has 26 heavy (non-hydrogen) atoms. The number of anilines is 2. The normalized spacial score (nSPS) is 20.7. The maximum absolute atomic E-state index is 12.9. The zero-order valence-corrected chi connectivity index (χ0v) is 15.8. The van der Waals surface area contributed by atoms with Crippen molar-refractivity contribution in [1.82, 2.24) is 9.88 Å². The van der Waals surface area contributed by atoms with Crippen LogP contribution in [0.25, 0.3) is 0 Å². The van der Waals surface area contributed by atoms with Crippen LogP contribution in [0.1, 0.15) is 46.0 Å². The van der Waals surface area contributed by atoms with Gasteiger partial charge in [0.25, 0.3) is 5.91 Å². The molecule has 1 aromatic rings. The molecule has 0 aromatic carbocycles. The Labute approximate surface area is 154 Å². The van der Waals surface area contributed by atoms with Crippen molar-refractivity contribution in [1.29, 1.82) is 0 Å². The van der Waals surface area contributed by atoms with Gasteiger partial charge < -0.3 is 15.4 Å². The Kier molecular flexibility index (Phi) is 5.34. The molecule has 1 saturated carbocycles. The van der Waals surface area contributed by atoms with Crippen molar-refractivity contribution < 1.29 is 14.3 Å². The molecule has 2 heterocycles. The minimum atomic E-state index is -0.624. The van der Waals surface area contributed by atoms with E-state index >= 15 is 0 Å². The molecule has 1 fully saturated rings. The first-order valence-corrected chi connectivity index (χ1v) is 9.38. The Morgan fingerprint density at radius 1 is 1.35 bits per heavy atom. The average molecular weight is 360 g/mol. The number of hydrogen-bond donors (Lipinski definition) is 1. The molecule has 2 N–H and O–H groups in total. The van der Waals surface area contributed by atoms with E-state index in [4.69, 9.17) is 10.5 Å². The Hall–Kier alpha value is -2.31. The Balaban J connectivity index is 1.83. The number of amides is 2. The van der Waals surface area contributed by atoms with Gasteiger partial charge in [-0.2, -0.15) is 0 Å². The first kappa shape index (κ1) is 18.5. The van der Waals surface area contributed by atoms with Crippen LogP contribution in [0, 0.1) is 5.92 Å². The minimum absolute atomic E-state index is 0.0121. The highest BCUT2D eigenvalue weighted by molar-refractivity contribution is 6.03. The largest absolute Gasteiger partial charge is 0.476 e. The summed E-state index contributed by atoms with van der Waals surface area (Å²) in [5.41, 5.74) is 5.79. The van der Waals surface area contributed by atoms with Gasteiger partial charge in [-0.1, -0.05) is 33.1 Å². The van der Waals surface area contributed by atoms with Gasteiger partial charge in [0.05, 0.1) is 0 Å². The third-order valence-electron chi connectivity index (χ3n) is 5.29. The van der Waals surface area contributed by atoms with Crippen LogP contribution in [0.4, 0.5) is 11.6 Å². The Bertz CT molecular complexity index is 685. The fraction of sp³-hybridized carbons (Fsp3) is 0.632. The number of fused-ring (bicyclic) bond motifs is 1. The van der Waals surface area contributed by atoms with Gasteiger partial charge in [-0.15, -0.1) is 0 Å². The molecule has 7 heteroatoms. The molecule has 0 spiro atoms. The Morgan fingerprint density at radius 3 is 2.69 bits per heavy atom. The summed E-state index contributed by atoms with van der Waals surface area (Å²) in [5.74, 6) is 0.784. The van der Waals surface area contributed by atoms with Crippen molar-refractivity contribution >= 4 is 23.5 Å². The zero-order valence-electron chi connectivity index (χ0n) is 15.8. The molecule has 1 aromatic heterocycles. The molecule has 1 aliphatic heterocycles. The van der Waals surface area contributed by atoms with Crippen LogP contribution in [0.15, 0.2) is 12.1 Å². The monoisotopic (exact) mass is 360 g/mol. The maximum atomic E-state index is 12.9. The van der Waals surface area contributed by atoms with Crippen LogP contribution in [0.5, 0.6) is 5.75 Å². The van der Waals surface area contributed by atoms with E-state index in [0.29, 0.717) is 17.4 Å². The van der Waals surface area contributed by atoms with Crippen LogP contribution < -0.4 is 15.4 Å². The van der Waals surface area contributed by atoms with Crippen molar-refractivity contribution in [3.63, 3.8) is 0 Å². The second kappa shape index (κ2) is 7.51. The lowest BCUT2D eigenvalue weighted by Crippen LogP contribution is -2.53. The number of carbonyl (C=O) groups is 2. The third-order valence-corrected chi connectivity index (χ3v) is 5.29. The fourth-order valence-corrected chi connectivity index (χ4v) is 3.67. The summed E-state index contributed by atoms with van der Waals surface area (Å²) in [5, 5.41) is 0. The van der Waals surface area contributed by atoms with Crippen molar-refractivity contribution in [2.45, 2.75) is 58.1 Å². The van der Waals surface area contributed by atoms with E-state index in [1.165, 1.54) is 11.3 Å². The molecule has 3 rings (SSSR count). The number of aromatic nitrogens is 1. The Morgan fingerprint density at radius 2 is 2.04 bits per heavy atom. The second-order valence-corrected chi connectivity index (χ2v) is 7.56. The average Bonchev–Trinajstić information content (AvgIpc) is 2.63. The quantitative estimate of drug-likeness (QED) is 0.889. The van der Waals surface area contributed by atoms with Gasteiger partial charge in [-0.05, 0) is 30.9 Å². The van der Waals surface area contributed by atoms with Gasteiger partial charge in [0.1, 0.15) is 12.4 Å². The summed E-state index contributed by atoms with van der Waals surface area (Å²) in [4.78, 5) is 33.3. The minimum Gasteiger partial charge on any atom is -0.476 e. The highest BCUT2D eigenvalue weighted by atomic mass is 16.5. The fourth-order valence-electron chi connectivity index (χ4n) is 3.67. The highest BCUT2D eigenvalue weighted by Crippen LogP contribution is 2.35. The number of hydrogen-bond acceptors (Lipinski definition) is 5. The van der Waals surface area contributed by atoms with Gasteiger partial charge in [0.2, 0.25) is 5.91 Å². The highest BCUT2D eigenvalue weighted by Gasteiger charge is 2.39. The van der Waals surface area contributed by atoms with E-state index in [-0.39, 0.29) is 30.3 Å². The van der Waals surface area contributed by atoms with Crippen LogP contribution >= 0.6 is 0 Å². The molecule has 142 valence electrons. The number of rotatable bonds is 4. The van der Waals surface area contributed by atoms with Crippen LogP contribution in [-0.4, -0.2) is 47.4 Å². The summed E-state index contributed by atoms with van der Waals surface area (Å²) in [6.45, 7) is 3.81. The van der Waals surface area contributed by atoms with Crippen molar-refractivity contribution in [2.24, 2.45) is 5.92 Å². The standard InChI is InChI=1S/C19H28N4O3/c1-12(2)17-19(25)23(18-14(26-17)9-10-15(20)21-18)11-16(24)22(3)13-7-5-4-6-8-13/h9-10,12-13,17H,4-8,11H2,1-3H3,(H2,20,21). The molecular formula is C19H28N4O3. The number of nitrogens with two attached hydrogens (primary N) is 1. The molecule has 7 nitrogen and oxygen atoms in total. The van der Waals surface area contributed by atoms with Crippen LogP contribution in [0.2, 0.25) is 0 Å². The topological polar surface area (TPSA) is 88.8 Å². The number of carbonyl (C=O) groups excluding carboxylic acids is 2. The predicted octanol–water partition coefficient (Wildman–Crippen LogP) is 2.20. The van der Waals surface area contributed by atoms with E-state index in [0.717, 1.165) is 25.7 Å². The smallest absolute Gasteiger partial charge is 0.270 e. The van der Waals surface area contributed by atoms with Gasteiger partial charge in [0, 0.05) is 13.1 Å². The lowest BCUT2D eigenvalue weighted by molar-refractivity contribution is -0.135. The van der Waals surface area contributed by atoms with E-state index < -0.39 is 6.10 Å². The molecule has 1 atom stereocenters. The van der Waals surface area contributed by atoms with E-state index in [1.54, 1.807) is 17.0 Å². The predicted molar refractivity (Wildman–Crippen MR) is 99.9 cm³/mol. The molecule has 0 bridgehead atoms. The van der Waals surface area contributed by atoms with Crippen molar-refractivity contribution in [2.75, 3.05) is 24.2 Å². The van der Waals surface area contributed by atoms with Crippen LogP contribution in [-0.2, 0) is 9.59 Å². The molecular weight excluding hydrogens is 332 g/mol. The van der Waals surface area contributed by atoms with E-state index in [2.05, 4.69) is 4.98 Å². The summed E-state index contributed by atoms with van der Waals surface area (Å²) >= 11 is 0. The number of nitrogens with zero attached hydrogens (tertiary/aromatic N) is 3. The number of ether oxygens (including phenoxy) is 1. The van der Waals surface area contributed by atoms with Gasteiger partial charge in [0.15, 0.2) is 17.7 Å². The second-order valence-electron chi connectivity index (χ2n) is 7.56. The van der Waals surface area contributed by atoms with Gasteiger partial charge >= 0.3 is 0 Å². The maximum Gasteiger partial charge on any atom is 0.270 e. The number of pyridine rings is 1. The van der Waals surface area contributed by atoms with E-state index in [9.17, 15) is 9.59 Å². The molecule has 2 aliphatic rings. The zero-order chi connectivity index (χ0) is 18.8. The lowest BCUT2D eigenvalue weighted by Gasteiger charge is -2.37. The summed E-state index contributed by atoms with van der Waals surface area (Å²) < 4.78 is 5.82. The first-order chi connectivity index (χ1) is 12.4. The summed E-state index contributed by atoms with van der Waals surface area (Å²) in [7, 11) is 1.83. The summed E-state index contributed by atoms with van der Waals surface area (Å²) in [6.07, 6.45) is 4.95. The van der Waals surface area contributed by atoms with Gasteiger partial charge in [-0.25, -0.2) is 4.98 Å². The molecule has 0 radical (unpaired) electrons. The molecule has 0 saturated heterocycles. The van der Waals surface area contributed by atoms with Crippen LogP contribution in [0.3, 0.4) is 0 Å². The van der Waals surface area contributed by atoms with E-state index in [1.807, 2.05) is 20.9 Å². The van der Waals surface area contributed by atoms with Crippen molar-refractivity contribution in [3.8, 4) is 5.75 Å². The molecule has 1 aliphatic carbocycles. The first-order valence-electron chi connectivity index (χ1n) is 9.38. The SMILES string of the molecule is CC(C)C1Oc2ccc(N)nc2N(CC(=O)N(C)C2CCCCC2)C1=O. The summed E-state index contributed by atoms with van der Waals surface area (Å²) in [6, 6.07) is 3.60. The number of likely N-dealkylation sites (N-methyl/N-ethyl adjacent to an activating group) is 1. The van der Waals surface area contributed by atoms with Gasteiger partial charge in [-0.3, -0.25) is 14.5 Å². The third kappa shape index (κ3) is 3.61. The molecule has 1 unspecified atom stereocenters.